The van der Waals surface area contributed by atoms with Gasteiger partial charge in [0.15, 0.2) is 0 Å². The fourth-order valence-electron chi connectivity index (χ4n) is 4.12. The molecule has 3 heterocycles. The van der Waals surface area contributed by atoms with Crippen LogP contribution in [0.4, 0.5) is 0 Å². The first-order valence-electron chi connectivity index (χ1n) is 8.81. The van der Waals surface area contributed by atoms with Crippen LogP contribution >= 0.6 is 24.0 Å². The number of thiol groups is 1. The van der Waals surface area contributed by atoms with Crippen LogP contribution in [0.25, 0.3) is 0 Å². The predicted molar refractivity (Wildman–Crippen MR) is 101 cm³/mol. The molecule has 0 saturated carbocycles. The van der Waals surface area contributed by atoms with E-state index < -0.39 is 5.60 Å². The second kappa shape index (κ2) is 6.61. The summed E-state index contributed by atoms with van der Waals surface area (Å²) in [6, 6.07) is 0.367. The Kier molecular flexibility index (Phi) is 5.02. The zero-order chi connectivity index (χ0) is 17.5. The van der Waals surface area contributed by atoms with Gasteiger partial charge in [-0.2, -0.15) is 12.6 Å². The molecule has 2 bridgehead atoms. The lowest BCUT2D eigenvalue weighted by Crippen LogP contribution is -2.54. The van der Waals surface area contributed by atoms with Gasteiger partial charge >= 0.3 is 0 Å². The van der Waals surface area contributed by atoms with Crippen molar-refractivity contribution in [2.45, 2.75) is 82.4 Å². The maximum atomic E-state index is 12.3. The molecule has 2 saturated heterocycles. The van der Waals surface area contributed by atoms with Gasteiger partial charge in [0.2, 0.25) is 5.91 Å². The monoisotopic (exact) mass is 368 g/mol. The van der Waals surface area contributed by atoms with Crippen molar-refractivity contribution in [3.05, 3.63) is 16.1 Å². The molecular weight excluding hydrogens is 340 g/mol. The zero-order valence-electron chi connectivity index (χ0n) is 14.8. The Morgan fingerprint density at radius 2 is 2.04 bits per heavy atom. The number of rotatable bonds is 4. The Morgan fingerprint density at radius 3 is 2.54 bits per heavy atom. The predicted octanol–water partition coefficient (Wildman–Crippen LogP) is 3.19. The lowest BCUT2D eigenvalue weighted by Gasteiger charge is -2.43. The summed E-state index contributed by atoms with van der Waals surface area (Å²) in [5.41, 5.74) is 0.408. The highest BCUT2D eigenvalue weighted by atomic mass is 32.1. The van der Waals surface area contributed by atoms with Crippen molar-refractivity contribution in [1.82, 2.24) is 9.88 Å². The van der Waals surface area contributed by atoms with Gasteiger partial charge in [0.25, 0.3) is 0 Å². The summed E-state index contributed by atoms with van der Waals surface area (Å²) in [6.07, 6.45) is 4.47. The number of amides is 1. The molecule has 6 heteroatoms. The maximum Gasteiger partial charge on any atom is 0.223 e. The van der Waals surface area contributed by atoms with Gasteiger partial charge < -0.3 is 10.0 Å². The highest BCUT2D eigenvalue weighted by Crippen LogP contribution is 2.43. The molecule has 2 unspecified atom stereocenters. The number of hydrogen-bond acceptors (Lipinski definition) is 5. The molecule has 1 aromatic heterocycles. The fourth-order valence-corrected chi connectivity index (χ4v) is 5.47. The Labute approximate surface area is 154 Å². The van der Waals surface area contributed by atoms with Crippen LogP contribution in [0.15, 0.2) is 5.38 Å². The standard InChI is InChI=1S/C18H28N2O2S2/c1-17(2,3)14-11-24-15(19-14)10-18(22)8-12-4-5-13(9-18)20(12)16(21)6-7-23/h11-13,22-23H,4-10H2,1-3H3. The van der Waals surface area contributed by atoms with Crippen molar-refractivity contribution in [3.63, 3.8) is 0 Å². The molecule has 134 valence electrons. The van der Waals surface area contributed by atoms with Crippen LogP contribution in [0.5, 0.6) is 0 Å². The summed E-state index contributed by atoms with van der Waals surface area (Å²) in [6.45, 7) is 6.48. The van der Waals surface area contributed by atoms with Crippen molar-refractivity contribution in [2.24, 2.45) is 0 Å². The Hall–Kier alpha value is -0.590. The summed E-state index contributed by atoms with van der Waals surface area (Å²) in [5.74, 6) is 0.789. The minimum atomic E-state index is -0.726. The van der Waals surface area contributed by atoms with Crippen LogP contribution < -0.4 is 0 Å². The highest BCUT2D eigenvalue weighted by Gasteiger charge is 2.49. The topological polar surface area (TPSA) is 53.4 Å². The Balaban J connectivity index is 1.70. The average Bonchev–Trinajstić information content (AvgIpc) is 3.02. The van der Waals surface area contributed by atoms with E-state index in [1.54, 1.807) is 11.3 Å². The van der Waals surface area contributed by atoms with E-state index in [4.69, 9.17) is 4.98 Å². The molecule has 3 rings (SSSR count). The van der Waals surface area contributed by atoms with Gasteiger partial charge in [-0.3, -0.25) is 4.79 Å². The Bertz CT molecular complexity index is 594. The minimum absolute atomic E-state index is 0.0407. The van der Waals surface area contributed by atoms with Gasteiger partial charge in [-0.1, -0.05) is 20.8 Å². The molecule has 0 radical (unpaired) electrons. The lowest BCUT2D eigenvalue weighted by atomic mass is 9.83. The number of aromatic nitrogens is 1. The first-order valence-corrected chi connectivity index (χ1v) is 10.3. The summed E-state index contributed by atoms with van der Waals surface area (Å²) in [5, 5.41) is 14.3. The van der Waals surface area contributed by atoms with E-state index in [1.165, 1.54) is 0 Å². The number of aliphatic hydroxyl groups is 1. The average molecular weight is 369 g/mol. The third-order valence-corrected chi connectivity index (χ3v) is 6.34. The molecule has 4 nitrogen and oxygen atoms in total. The van der Waals surface area contributed by atoms with Gasteiger partial charge in [-0.25, -0.2) is 4.98 Å². The quantitative estimate of drug-likeness (QED) is 0.803. The molecule has 1 N–H and O–H groups in total. The highest BCUT2D eigenvalue weighted by molar-refractivity contribution is 7.80. The van der Waals surface area contributed by atoms with Crippen molar-refractivity contribution >= 4 is 29.9 Å². The molecule has 0 aromatic carbocycles. The van der Waals surface area contributed by atoms with Crippen molar-refractivity contribution in [2.75, 3.05) is 5.75 Å². The van der Waals surface area contributed by atoms with Crippen LogP contribution in [0.3, 0.4) is 0 Å². The number of nitrogens with zero attached hydrogens (tertiary/aromatic N) is 2. The number of piperidine rings is 1. The maximum absolute atomic E-state index is 12.3. The number of fused-ring (bicyclic) bond motifs is 2. The zero-order valence-corrected chi connectivity index (χ0v) is 16.5. The number of hydrogen-bond donors (Lipinski definition) is 2. The number of thiazole rings is 1. The molecule has 2 aliphatic rings. The fraction of sp³-hybridized carbons (Fsp3) is 0.778. The SMILES string of the molecule is CC(C)(C)c1csc(CC2(O)CC3CCC(C2)N3C(=O)CCS)n1. The van der Waals surface area contributed by atoms with Crippen LogP contribution in [0.1, 0.15) is 63.6 Å². The first-order chi connectivity index (χ1) is 11.2. The van der Waals surface area contributed by atoms with Gasteiger partial charge in [-0.15, -0.1) is 11.3 Å². The van der Waals surface area contributed by atoms with E-state index in [9.17, 15) is 9.90 Å². The van der Waals surface area contributed by atoms with Crippen LogP contribution in [0.2, 0.25) is 0 Å². The summed E-state index contributed by atoms with van der Waals surface area (Å²) in [4.78, 5) is 19.1. The third kappa shape index (κ3) is 3.65. The van der Waals surface area contributed by atoms with Crippen molar-refractivity contribution in [3.8, 4) is 0 Å². The largest absolute Gasteiger partial charge is 0.389 e. The molecular formula is C18H28N2O2S2. The summed E-state index contributed by atoms with van der Waals surface area (Å²) in [7, 11) is 0. The van der Waals surface area contributed by atoms with Crippen molar-refractivity contribution < 1.29 is 9.90 Å². The van der Waals surface area contributed by atoms with Gasteiger partial charge in [0, 0.05) is 35.7 Å². The van der Waals surface area contributed by atoms with Gasteiger partial charge in [-0.05, 0) is 31.4 Å². The lowest BCUT2D eigenvalue weighted by molar-refractivity contribution is -0.140. The van der Waals surface area contributed by atoms with E-state index in [-0.39, 0.29) is 23.4 Å². The second-order valence-electron chi connectivity index (χ2n) is 8.35. The van der Waals surface area contributed by atoms with Crippen LogP contribution in [-0.4, -0.2) is 44.3 Å². The molecule has 1 amide bonds. The molecule has 0 spiro atoms. The molecule has 0 aliphatic carbocycles. The summed E-state index contributed by atoms with van der Waals surface area (Å²) < 4.78 is 0. The van der Waals surface area contributed by atoms with E-state index >= 15 is 0 Å². The molecule has 2 aliphatic heterocycles. The molecule has 24 heavy (non-hydrogen) atoms. The van der Waals surface area contributed by atoms with Crippen LogP contribution in [0, 0.1) is 0 Å². The normalized spacial score (nSPS) is 30.0. The Morgan fingerprint density at radius 1 is 1.42 bits per heavy atom. The number of carbonyl (C=O) groups excluding carboxylic acids is 1. The van der Waals surface area contributed by atoms with E-state index in [0.717, 1.165) is 23.5 Å². The minimum Gasteiger partial charge on any atom is -0.389 e. The van der Waals surface area contributed by atoms with E-state index in [2.05, 4.69) is 38.8 Å². The van der Waals surface area contributed by atoms with E-state index in [1.807, 2.05) is 4.90 Å². The molecule has 2 atom stereocenters. The van der Waals surface area contributed by atoms with Gasteiger partial charge in [0.05, 0.1) is 16.3 Å². The smallest absolute Gasteiger partial charge is 0.223 e. The summed E-state index contributed by atoms with van der Waals surface area (Å²) >= 11 is 5.83. The third-order valence-electron chi connectivity index (χ3n) is 5.27. The van der Waals surface area contributed by atoms with Crippen molar-refractivity contribution in [1.29, 1.82) is 0 Å². The molecule has 2 fully saturated rings. The van der Waals surface area contributed by atoms with E-state index in [0.29, 0.717) is 31.4 Å². The van der Waals surface area contributed by atoms with Gasteiger partial charge in [0.1, 0.15) is 0 Å². The second-order valence-corrected chi connectivity index (χ2v) is 9.74. The first kappa shape index (κ1) is 18.2. The van der Waals surface area contributed by atoms with Crippen LogP contribution in [-0.2, 0) is 16.6 Å². The number of carbonyl (C=O) groups is 1. The molecule has 1 aromatic rings.